The molecule has 0 saturated heterocycles. The van der Waals surface area contributed by atoms with Gasteiger partial charge in [-0.15, -0.1) is 0 Å². The van der Waals surface area contributed by atoms with Crippen LogP contribution in [0, 0.1) is 0 Å². The molecule has 7 nitrogen and oxygen atoms in total. The van der Waals surface area contributed by atoms with Gasteiger partial charge >= 0.3 is 0 Å². The third-order valence-electron chi connectivity index (χ3n) is 0.697. The Balaban J connectivity index is -0.0000000376. The van der Waals surface area contributed by atoms with Crippen LogP contribution in [0.4, 0.5) is 0 Å². The number of hydrogen-bond acceptors (Lipinski definition) is 4. The molecule has 0 radical (unpaired) electrons. The van der Waals surface area contributed by atoms with Crippen molar-refractivity contribution in [2.45, 2.75) is 13.8 Å². The SMILES string of the molecule is C=C(C)C(=O)[O-].C=C(C)C(=O)[O-].C[NH2+]C.C[NH2+]C.C[NH2+]C.[I-]. The van der Waals surface area contributed by atoms with Crippen LogP contribution in [0.2, 0.25) is 0 Å². The molecule has 136 valence electrons. The molecule has 0 aliphatic rings. The number of carbonyl (C=O) groups excluding carboxylic acids is 2. The predicted molar refractivity (Wildman–Crippen MR) is 81.0 cm³/mol. The molecule has 0 aliphatic heterocycles. The fourth-order valence-corrected chi connectivity index (χ4v) is 0. The van der Waals surface area contributed by atoms with Crippen molar-refractivity contribution in [3.8, 4) is 0 Å². The molecule has 0 heterocycles. The molecular weight excluding hydrogens is 401 g/mol. The number of hydrogen-bond donors (Lipinski definition) is 3. The van der Waals surface area contributed by atoms with Gasteiger partial charge in [0.05, 0.1) is 54.2 Å². The lowest BCUT2D eigenvalue weighted by molar-refractivity contribution is -0.597. The molecule has 0 bridgehead atoms. The normalized spacial score (nSPS) is 6.55. The van der Waals surface area contributed by atoms with Gasteiger partial charge in [0.1, 0.15) is 0 Å². The fraction of sp³-hybridized carbons (Fsp3) is 0.571. The monoisotopic (exact) mass is 435 g/mol. The van der Waals surface area contributed by atoms with Crippen LogP contribution in [0.15, 0.2) is 24.3 Å². The first-order chi connectivity index (χ1) is 9.53. The van der Waals surface area contributed by atoms with Gasteiger partial charge in [-0.25, -0.2) is 0 Å². The van der Waals surface area contributed by atoms with Crippen molar-refractivity contribution < 1.29 is 59.7 Å². The van der Waals surface area contributed by atoms with E-state index in [4.69, 9.17) is 0 Å². The lowest BCUT2D eigenvalue weighted by atomic mass is 10.4. The highest BCUT2D eigenvalue weighted by Gasteiger charge is 1.76. The quantitative estimate of drug-likeness (QED) is 0.294. The summed E-state index contributed by atoms with van der Waals surface area (Å²) in [6.07, 6.45) is 0. The summed E-state index contributed by atoms with van der Waals surface area (Å²) < 4.78 is 0. The van der Waals surface area contributed by atoms with Crippen molar-refractivity contribution in [2.75, 3.05) is 42.3 Å². The van der Waals surface area contributed by atoms with Crippen LogP contribution in [-0.4, -0.2) is 54.2 Å². The first-order valence-electron chi connectivity index (χ1n) is 6.49. The van der Waals surface area contributed by atoms with Crippen LogP contribution < -0.4 is 50.1 Å². The summed E-state index contributed by atoms with van der Waals surface area (Å²) in [6.45, 7) is 8.95. The Labute approximate surface area is 152 Å². The molecule has 22 heavy (non-hydrogen) atoms. The van der Waals surface area contributed by atoms with Gasteiger partial charge in [0.15, 0.2) is 0 Å². The number of aliphatic carboxylic acids is 2. The van der Waals surface area contributed by atoms with E-state index in [0.717, 1.165) is 0 Å². The zero-order chi connectivity index (χ0) is 18.4. The van der Waals surface area contributed by atoms with E-state index in [1.165, 1.54) is 13.8 Å². The maximum atomic E-state index is 9.49. The highest BCUT2D eigenvalue weighted by molar-refractivity contribution is 5.83. The minimum Gasteiger partial charge on any atom is -1.00 e. The maximum absolute atomic E-state index is 9.49. The highest BCUT2D eigenvalue weighted by atomic mass is 127. The molecule has 0 unspecified atom stereocenters. The topological polar surface area (TPSA) is 130 Å². The number of carbonyl (C=O) groups is 2. The Bertz CT molecular complexity index is 220. The molecule has 8 heteroatoms. The van der Waals surface area contributed by atoms with E-state index in [0.29, 0.717) is 0 Å². The number of nitrogens with two attached hydrogens (primary N) is 3. The minimum atomic E-state index is -1.19. The van der Waals surface area contributed by atoms with Gasteiger partial charge in [-0.1, -0.05) is 13.2 Å². The molecule has 0 rings (SSSR count). The molecule has 0 saturated carbocycles. The average molecular weight is 435 g/mol. The minimum absolute atomic E-state index is 0. The number of halogens is 1. The van der Waals surface area contributed by atoms with Crippen LogP contribution in [0.25, 0.3) is 0 Å². The standard InChI is InChI=1S/2C4H6O2.3C2H7N.HI/c2*1-3(2)4(5)6;3*1-3-2;/h2*1H2,2H3,(H,5,6);3*3H,1-2H3;1H. The zero-order valence-corrected chi connectivity index (χ0v) is 17.3. The molecule has 6 N–H and O–H groups in total. The Morgan fingerprint density at radius 1 is 0.682 bits per heavy atom. The van der Waals surface area contributed by atoms with E-state index < -0.39 is 11.9 Å². The first-order valence-corrected chi connectivity index (χ1v) is 6.49. The Morgan fingerprint density at radius 2 is 0.727 bits per heavy atom. The van der Waals surface area contributed by atoms with Gasteiger partial charge in [0.25, 0.3) is 0 Å². The van der Waals surface area contributed by atoms with Crippen LogP contribution in [0.5, 0.6) is 0 Å². The second kappa shape index (κ2) is 36.9. The third kappa shape index (κ3) is 125. The summed E-state index contributed by atoms with van der Waals surface area (Å²) in [5.41, 5.74) is 0.130. The average Bonchev–Trinajstić information content (AvgIpc) is 2.32. The summed E-state index contributed by atoms with van der Waals surface area (Å²) in [4.78, 5) is 19.0. The molecule has 0 aromatic carbocycles. The van der Waals surface area contributed by atoms with Gasteiger partial charge in [-0.3, -0.25) is 0 Å². The maximum Gasteiger partial charge on any atom is 0.0666 e. The number of quaternary nitrogens is 3. The van der Waals surface area contributed by atoms with Gasteiger partial charge in [-0.05, 0) is 25.0 Å². The molecule has 0 aliphatic carbocycles. The Hall–Kier alpha value is -0.970. The Kier molecular flexibility index (Phi) is 62.6. The largest absolute Gasteiger partial charge is 1.00 e. The predicted octanol–water partition coefficient (Wildman–Crippen LogP) is -7.94. The van der Waals surface area contributed by atoms with Crippen molar-refractivity contribution in [3.05, 3.63) is 24.3 Å². The summed E-state index contributed by atoms with van der Waals surface area (Å²) in [7, 11) is 12.0. The van der Waals surface area contributed by atoms with E-state index in [9.17, 15) is 19.8 Å². The summed E-state index contributed by atoms with van der Waals surface area (Å²) in [5.74, 6) is -2.37. The number of carboxylic acid groups (broad SMARTS) is 2. The third-order valence-corrected chi connectivity index (χ3v) is 0.697. The van der Waals surface area contributed by atoms with Crippen molar-refractivity contribution in [1.29, 1.82) is 0 Å². The molecule has 0 spiro atoms. The number of rotatable bonds is 2. The van der Waals surface area contributed by atoms with Crippen molar-refractivity contribution in [2.24, 2.45) is 0 Å². The molecule has 0 atom stereocenters. The van der Waals surface area contributed by atoms with Gasteiger partial charge < -0.3 is 59.7 Å². The molecule has 0 aromatic heterocycles. The summed E-state index contributed by atoms with van der Waals surface area (Å²) >= 11 is 0. The van der Waals surface area contributed by atoms with Crippen molar-refractivity contribution in [1.82, 2.24) is 0 Å². The second-order valence-electron chi connectivity index (χ2n) is 3.87. The van der Waals surface area contributed by atoms with Gasteiger partial charge in [-0.2, -0.15) is 0 Å². The van der Waals surface area contributed by atoms with Gasteiger partial charge in [0.2, 0.25) is 0 Å². The molecule has 0 aromatic rings. The molecular formula is C14H34IN3O4. The smallest absolute Gasteiger partial charge is 0.0666 e. The van der Waals surface area contributed by atoms with Crippen LogP contribution in [0.3, 0.4) is 0 Å². The van der Waals surface area contributed by atoms with E-state index in [1.807, 2.05) is 58.2 Å². The van der Waals surface area contributed by atoms with E-state index in [1.54, 1.807) is 0 Å². The van der Waals surface area contributed by atoms with Crippen molar-refractivity contribution in [3.63, 3.8) is 0 Å². The second-order valence-corrected chi connectivity index (χ2v) is 3.87. The van der Waals surface area contributed by atoms with Gasteiger partial charge in [0, 0.05) is 0 Å². The molecule has 0 fully saturated rings. The van der Waals surface area contributed by atoms with E-state index in [-0.39, 0.29) is 35.1 Å². The van der Waals surface area contributed by atoms with Crippen LogP contribution in [0.1, 0.15) is 13.8 Å². The first kappa shape index (κ1) is 37.3. The lowest BCUT2D eigenvalue weighted by Crippen LogP contribution is -3.00. The number of carboxylic acids is 2. The zero-order valence-electron chi connectivity index (χ0n) is 15.2. The lowest BCUT2D eigenvalue weighted by Gasteiger charge is -1.93. The fourth-order valence-electron chi connectivity index (χ4n) is 0. The van der Waals surface area contributed by atoms with Crippen molar-refractivity contribution >= 4 is 11.9 Å². The Morgan fingerprint density at radius 3 is 0.727 bits per heavy atom. The van der Waals surface area contributed by atoms with E-state index >= 15 is 0 Å². The summed E-state index contributed by atoms with van der Waals surface area (Å²) in [5, 5.41) is 25.0. The highest BCUT2D eigenvalue weighted by Crippen LogP contribution is 1.77. The van der Waals surface area contributed by atoms with Crippen LogP contribution >= 0.6 is 0 Å². The summed E-state index contributed by atoms with van der Waals surface area (Å²) in [6, 6.07) is 0. The van der Waals surface area contributed by atoms with E-state index in [2.05, 4.69) is 13.2 Å². The van der Waals surface area contributed by atoms with Crippen LogP contribution in [-0.2, 0) is 9.59 Å². The molecule has 0 amide bonds.